The summed E-state index contributed by atoms with van der Waals surface area (Å²) in [4.78, 5) is 17.9. The molecule has 5 aromatic rings. The third-order valence-corrected chi connectivity index (χ3v) is 7.43. The van der Waals surface area contributed by atoms with Gasteiger partial charge in [0.15, 0.2) is 9.84 Å². The van der Waals surface area contributed by atoms with Crippen molar-refractivity contribution < 1.29 is 17.9 Å². The van der Waals surface area contributed by atoms with Gasteiger partial charge in [-0.15, -0.1) is 0 Å². The van der Waals surface area contributed by atoms with E-state index in [0.29, 0.717) is 29.3 Å². The summed E-state index contributed by atoms with van der Waals surface area (Å²) in [6, 6.07) is 27.3. The van der Waals surface area contributed by atoms with E-state index >= 15 is 0 Å². The first kappa shape index (κ1) is 25.9. The molecule has 0 spiro atoms. The average molecular weight is 538 g/mol. The van der Waals surface area contributed by atoms with Gasteiger partial charge in [-0.3, -0.25) is 9.78 Å². The van der Waals surface area contributed by atoms with Crippen LogP contribution < -0.4 is 10.1 Å². The highest BCUT2D eigenvalue weighted by atomic mass is 32.2. The molecule has 0 fully saturated rings. The Bertz CT molecular complexity index is 1710. The largest absolute Gasteiger partial charge is 0.457 e. The summed E-state index contributed by atoms with van der Waals surface area (Å²) >= 11 is 0. The SMILES string of the molecule is Cc1c(C(=O)Nc2ccc(S(C)(=O)=O)cc2)cn(Cc2cccnc2)c1-c1ccccc1Oc1ccccc1. The highest BCUT2D eigenvalue weighted by Crippen LogP contribution is 2.37. The molecule has 1 N–H and O–H groups in total. The monoisotopic (exact) mass is 537 g/mol. The molecule has 0 bridgehead atoms. The van der Waals surface area contributed by atoms with E-state index in [1.54, 1.807) is 24.5 Å². The summed E-state index contributed by atoms with van der Waals surface area (Å²) in [6.45, 7) is 2.41. The molecule has 2 aromatic heterocycles. The fourth-order valence-electron chi connectivity index (χ4n) is 4.41. The highest BCUT2D eigenvalue weighted by Gasteiger charge is 2.22. The zero-order valence-corrected chi connectivity index (χ0v) is 22.4. The number of nitrogens with zero attached hydrogens (tertiary/aromatic N) is 2. The van der Waals surface area contributed by atoms with Gasteiger partial charge >= 0.3 is 0 Å². The van der Waals surface area contributed by atoms with Crippen LogP contribution in [-0.2, 0) is 16.4 Å². The second kappa shape index (κ2) is 11.0. The molecule has 8 heteroatoms. The lowest BCUT2D eigenvalue weighted by Gasteiger charge is -2.15. The van der Waals surface area contributed by atoms with Crippen LogP contribution in [0, 0.1) is 6.92 Å². The first-order valence-corrected chi connectivity index (χ1v) is 14.2. The smallest absolute Gasteiger partial charge is 0.257 e. The third kappa shape index (κ3) is 5.91. The molecule has 5 rings (SSSR count). The molecule has 0 aliphatic heterocycles. The maximum absolute atomic E-state index is 13.5. The van der Waals surface area contributed by atoms with E-state index in [1.807, 2.05) is 84.4 Å². The summed E-state index contributed by atoms with van der Waals surface area (Å²) < 4.78 is 31.9. The Balaban J connectivity index is 1.54. The summed E-state index contributed by atoms with van der Waals surface area (Å²) in [5.41, 5.74) is 4.46. The van der Waals surface area contributed by atoms with Gasteiger partial charge in [0.25, 0.3) is 5.91 Å². The molecular formula is C31H27N3O4S. The number of pyridine rings is 1. The number of nitrogens with one attached hydrogen (secondary N) is 1. The van der Waals surface area contributed by atoms with Crippen LogP contribution in [0.3, 0.4) is 0 Å². The topological polar surface area (TPSA) is 90.3 Å². The third-order valence-electron chi connectivity index (χ3n) is 6.31. The van der Waals surface area contributed by atoms with Crippen molar-refractivity contribution in [2.45, 2.75) is 18.4 Å². The molecular weight excluding hydrogens is 510 g/mol. The molecule has 0 unspecified atom stereocenters. The van der Waals surface area contributed by atoms with Crippen LogP contribution >= 0.6 is 0 Å². The van der Waals surface area contributed by atoms with Crippen LogP contribution in [0.25, 0.3) is 11.3 Å². The van der Waals surface area contributed by atoms with E-state index in [0.717, 1.165) is 28.6 Å². The van der Waals surface area contributed by atoms with Crippen LogP contribution in [0.4, 0.5) is 5.69 Å². The normalized spacial score (nSPS) is 11.2. The molecule has 2 heterocycles. The number of aromatic nitrogens is 2. The number of carbonyl (C=O) groups is 1. The summed E-state index contributed by atoms with van der Waals surface area (Å²) in [6.07, 6.45) is 6.50. The maximum atomic E-state index is 13.5. The Morgan fingerprint density at radius 3 is 2.33 bits per heavy atom. The molecule has 0 aliphatic rings. The standard InChI is InChI=1S/C31H27N3O4S/c1-22-28(31(35)33-24-14-16-26(17-15-24)39(2,36)37)21-34(20-23-9-8-18-32-19-23)30(22)27-12-6-7-13-29(27)38-25-10-4-3-5-11-25/h3-19,21H,20H2,1-2H3,(H,33,35). The molecule has 3 aromatic carbocycles. The number of hydrogen-bond donors (Lipinski definition) is 1. The van der Waals surface area contributed by atoms with Crippen LogP contribution in [0.1, 0.15) is 21.5 Å². The van der Waals surface area contributed by atoms with Crippen molar-refractivity contribution in [3.8, 4) is 22.8 Å². The van der Waals surface area contributed by atoms with Crippen LogP contribution in [-0.4, -0.2) is 30.1 Å². The molecule has 0 saturated heterocycles. The van der Waals surface area contributed by atoms with E-state index in [1.165, 1.54) is 12.1 Å². The lowest BCUT2D eigenvalue weighted by atomic mass is 10.0. The van der Waals surface area contributed by atoms with E-state index in [4.69, 9.17) is 4.74 Å². The number of carbonyl (C=O) groups excluding carboxylic acids is 1. The minimum absolute atomic E-state index is 0.191. The van der Waals surface area contributed by atoms with Gasteiger partial charge in [-0.25, -0.2) is 8.42 Å². The number of amides is 1. The van der Waals surface area contributed by atoms with Crippen LogP contribution in [0.5, 0.6) is 11.5 Å². The van der Waals surface area contributed by atoms with Crippen molar-refractivity contribution in [1.82, 2.24) is 9.55 Å². The predicted octanol–water partition coefficient (Wildman–Crippen LogP) is 6.35. The lowest BCUT2D eigenvalue weighted by molar-refractivity contribution is 0.102. The predicted molar refractivity (Wildman–Crippen MR) is 152 cm³/mol. The van der Waals surface area contributed by atoms with Crippen molar-refractivity contribution in [1.29, 1.82) is 0 Å². The Morgan fingerprint density at radius 2 is 1.64 bits per heavy atom. The second-order valence-corrected chi connectivity index (χ2v) is 11.2. The Hall–Kier alpha value is -4.69. The van der Waals surface area contributed by atoms with Crippen LogP contribution in [0.15, 0.2) is 114 Å². The van der Waals surface area contributed by atoms with Gasteiger partial charge < -0.3 is 14.6 Å². The number of anilines is 1. The Labute approximate surface area is 227 Å². The van der Waals surface area contributed by atoms with Gasteiger partial charge in [0.05, 0.1) is 16.2 Å². The van der Waals surface area contributed by atoms with Gasteiger partial charge in [0, 0.05) is 42.6 Å². The fraction of sp³-hybridized carbons (Fsp3) is 0.0968. The molecule has 196 valence electrons. The molecule has 0 aliphatic carbocycles. The van der Waals surface area contributed by atoms with Crippen molar-refractivity contribution in [2.75, 3.05) is 11.6 Å². The number of para-hydroxylation sites is 2. The zero-order chi connectivity index (χ0) is 27.4. The Morgan fingerprint density at radius 1 is 0.923 bits per heavy atom. The van der Waals surface area contributed by atoms with Gasteiger partial charge in [-0.2, -0.15) is 0 Å². The lowest BCUT2D eigenvalue weighted by Crippen LogP contribution is -2.12. The summed E-state index contributed by atoms with van der Waals surface area (Å²) in [5.74, 6) is 1.08. The first-order chi connectivity index (χ1) is 18.8. The van der Waals surface area contributed by atoms with Crippen molar-refractivity contribution >= 4 is 21.4 Å². The molecule has 1 amide bonds. The minimum Gasteiger partial charge on any atom is -0.457 e. The number of hydrogen-bond acceptors (Lipinski definition) is 5. The van der Waals surface area contributed by atoms with E-state index in [-0.39, 0.29) is 10.8 Å². The van der Waals surface area contributed by atoms with E-state index in [2.05, 4.69) is 10.3 Å². The molecule has 0 radical (unpaired) electrons. The second-order valence-electron chi connectivity index (χ2n) is 9.17. The van der Waals surface area contributed by atoms with Crippen molar-refractivity contribution in [2.24, 2.45) is 0 Å². The molecule has 39 heavy (non-hydrogen) atoms. The summed E-state index contributed by atoms with van der Waals surface area (Å²) in [7, 11) is -3.33. The first-order valence-electron chi connectivity index (χ1n) is 12.3. The van der Waals surface area contributed by atoms with Crippen molar-refractivity contribution in [3.63, 3.8) is 0 Å². The average Bonchev–Trinajstić information content (AvgIpc) is 3.25. The van der Waals surface area contributed by atoms with Gasteiger partial charge in [-0.05, 0) is 72.6 Å². The van der Waals surface area contributed by atoms with Gasteiger partial charge in [0.2, 0.25) is 0 Å². The minimum atomic E-state index is -3.33. The Kier molecular flexibility index (Phi) is 7.29. The number of rotatable bonds is 8. The maximum Gasteiger partial charge on any atom is 0.257 e. The van der Waals surface area contributed by atoms with Crippen LogP contribution in [0.2, 0.25) is 0 Å². The van der Waals surface area contributed by atoms with Crippen molar-refractivity contribution in [3.05, 3.63) is 126 Å². The van der Waals surface area contributed by atoms with E-state index < -0.39 is 9.84 Å². The summed E-state index contributed by atoms with van der Waals surface area (Å²) in [5, 5.41) is 2.90. The zero-order valence-electron chi connectivity index (χ0n) is 21.5. The molecule has 7 nitrogen and oxygen atoms in total. The molecule has 0 saturated carbocycles. The fourth-order valence-corrected chi connectivity index (χ4v) is 5.04. The number of ether oxygens (including phenoxy) is 1. The highest BCUT2D eigenvalue weighted by molar-refractivity contribution is 7.90. The van der Waals surface area contributed by atoms with Gasteiger partial charge in [-0.1, -0.05) is 36.4 Å². The van der Waals surface area contributed by atoms with E-state index in [9.17, 15) is 13.2 Å². The van der Waals surface area contributed by atoms with Gasteiger partial charge in [0.1, 0.15) is 11.5 Å². The number of sulfone groups is 1. The molecule has 0 atom stereocenters. The quantitative estimate of drug-likeness (QED) is 0.249. The number of benzene rings is 3.